The van der Waals surface area contributed by atoms with Crippen molar-refractivity contribution in [2.24, 2.45) is 11.7 Å². The Bertz CT molecular complexity index is 283. The Kier molecular flexibility index (Phi) is 7.52. The molecule has 20 heavy (non-hydrogen) atoms. The summed E-state index contributed by atoms with van der Waals surface area (Å²) in [7, 11) is 2.19. The van der Waals surface area contributed by atoms with Crippen LogP contribution >= 0.6 is 0 Å². The average Bonchev–Trinajstić information content (AvgIpc) is 2.38. The van der Waals surface area contributed by atoms with E-state index in [0.717, 1.165) is 51.2 Å². The summed E-state index contributed by atoms with van der Waals surface area (Å²) in [6.07, 6.45) is 4.83. The fourth-order valence-electron chi connectivity index (χ4n) is 2.72. The minimum absolute atomic E-state index is 0.208. The van der Waals surface area contributed by atoms with E-state index in [1.54, 1.807) is 0 Å². The van der Waals surface area contributed by atoms with E-state index in [1.807, 2.05) is 11.8 Å². The third-order valence-electron chi connectivity index (χ3n) is 4.45. The number of amides is 1. The molecule has 0 aromatic heterocycles. The van der Waals surface area contributed by atoms with Gasteiger partial charge >= 0.3 is 0 Å². The van der Waals surface area contributed by atoms with Gasteiger partial charge in [-0.2, -0.15) is 0 Å². The SMILES string of the molecule is CC(N)CCCC(=O)N1CCC(CN(C)C(C)C)CC1. The predicted molar refractivity (Wildman–Crippen MR) is 84.6 cm³/mol. The summed E-state index contributed by atoms with van der Waals surface area (Å²) in [6.45, 7) is 9.50. The molecule has 0 aliphatic carbocycles. The molecule has 0 spiro atoms. The number of nitrogens with zero attached hydrogens (tertiary/aromatic N) is 2. The molecule has 0 radical (unpaired) electrons. The molecule has 2 N–H and O–H groups in total. The average molecular weight is 283 g/mol. The quantitative estimate of drug-likeness (QED) is 0.778. The van der Waals surface area contributed by atoms with Gasteiger partial charge in [-0.25, -0.2) is 0 Å². The highest BCUT2D eigenvalue weighted by Crippen LogP contribution is 2.19. The van der Waals surface area contributed by atoms with Gasteiger partial charge in [-0.05, 0) is 59.4 Å². The van der Waals surface area contributed by atoms with Gasteiger partial charge in [-0.1, -0.05) is 0 Å². The highest BCUT2D eigenvalue weighted by atomic mass is 16.2. The van der Waals surface area contributed by atoms with Gasteiger partial charge < -0.3 is 15.5 Å². The van der Waals surface area contributed by atoms with E-state index in [4.69, 9.17) is 5.73 Å². The van der Waals surface area contributed by atoms with Crippen LogP contribution in [0.1, 0.15) is 52.9 Å². The van der Waals surface area contributed by atoms with Crippen LogP contribution in [0.4, 0.5) is 0 Å². The van der Waals surface area contributed by atoms with Crippen molar-refractivity contribution >= 4 is 5.91 Å². The van der Waals surface area contributed by atoms with E-state index in [2.05, 4.69) is 25.8 Å². The largest absolute Gasteiger partial charge is 0.343 e. The number of likely N-dealkylation sites (tertiary alicyclic amines) is 1. The molecular formula is C16H33N3O. The van der Waals surface area contributed by atoms with E-state index in [-0.39, 0.29) is 6.04 Å². The van der Waals surface area contributed by atoms with Crippen LogP contribution in [0, 0.1) is 5.92 Å². The molecule has 4 heteroatoms. The molecule has 1 aliphatic rings. The molecule has 4 nitrogen and oxygen atoms in total. The topological polar surface area (TPSA) is 49.6 Å². The molecule has 118 valence electrons. The Hall–Kier alpha value is -0.610. The third kappa shape index (κ3) is 6.23. The number of rotatable bonds is 7. The van der Waals surface area contributed by atoms with Crippen molar-refractivity contribution in [2.75, 3.05) is 26.7 Å². The van der Waals surface area contributed by atoms with Gasteiger partial charge in [0.2, 0.25) is 5.91 Å². The lowest BCUT2D eigenvalue weighted by Gasteiger charge is -2.35. The summed E-state index contributed by atoms with van der Waals surface area (Å²) < 4.78 is 0. The van der Waals surface area contributed by atoms with Crippen LogP contribution in [0.15, 0.2) is 0 Å². The Morgan fingerprint density at radius 1 is 1.30 bits per heavy atom. The second kappa shape index (κ2) is 8.63. The number of hydrogen-bond donors (Lipinski definition) is 1. The van der Waals surface area contributed by atoms with Crippen LogP contribution in [0.3, 0.4) is 0 Å². The lowest BCUT2D eigenvalue weighted by molar-refractivity contribution is -0.132. The summed E-state index contributed by atoms with van der Waals surface area (Å²) in [4.78, 5) is 16.5. The number of carbonyl (C=O) groups is 1. The highest BCUT2D eigenvalue weighted by molar-refractivity contribution is 5.76. The van der Waals surface area contributed by atoms with Crippen LogP contribution in [-0.4, -0.2) is 54.5 Å². The van der Waals surface area contributed by atoms with Gasteiger partial charge in [-0.15, -0.1) is 0 Å². The minimum Gasteiger partial charge on any atom is -0.343 e. The predicted octanol–water partition coefficient (Wildman–Crippen LogP) is 2.08. The van der Waals surface area contributed by atoms with Gasteiger partial charge in [0, 0.05) is 38.1 Å². The second-order valence-electron chi connectivity index (χ2n) is 6.73. The van der Waals surface area contributed by atoms with Crippen molar-refractivity contribution < 1.29 is 4.79 Å². The van der Waals surface area contributed by atoms with Crippen LogP contribution in [-0.2, 0) is 4.79 Å². The first-order valence-electron chi connectivity index (χ1n) is 8.13. The third-order valence-corrected chi connectivity index (χ3v) is 4.45. The van der Waals surface area contributed by atoms with Crippen LogP contribution in [0.5, 0.6) is 0 Å². The summed E-state index contributed by atoms with van der Waals surface area (Å²) in [6, 6.07) is 0.813. The van der Waals surface area contributed by atoms with E-state index < -0.39 is 0 Å². The molecule has 1 unspecified atom stereocenters. The van der Waals surface area contributed by atoms with E-state index in [9.17, 15) is 4.79 Å². The fraction of sp³-hybridized carbons (Fsp3) is 0.938. The standard InChI is InChI=1S/C16H33N3O/c1-13(2)18(4)12-15-8-10-19(11-9-15)16(20)7-5-6-14(3)17/h13-15H,5-12,17H2,1-4H3. The molecule has 1 rings (SSSR count). The maximum absolute atomic E-state index is 12.1. The van der Waals surface area contributed by atoms with Gasteiger partial charge in [0.05, 0.1) is 0 Å². The molecule has 1 saturated heterocycles. The monoisotopic (exact) mass is 283 g/mol. The zero-order valence-electron chi connectivity index (χ0n) is 13.8. The summed E-state index contributed by atoms with van der Waals surface area (Å²) in [5.41, 5.74) is 5.72. The molecule has 1 aliphatic heterocycles. The number of nitrogens with two attached hydrogens (primary N) is 1. The van der Waals surface area contributed by atoms with Gasteiger partial charge in [0.25, 0.3) is 0 Å². The van der Waals surface area contributed by atoms with E-state index in [1.165, 1.54) is 0 Å². The lowest BCUT2D eigenvalue weighted by Crippen LogP contribution is -2.42. The Balaban J connectivity index is 2.22. The Labute approximate surface area is 124 Å². The Morgan fingerprint density at radius 3 is 2.40 bits per heavy atom. The number of hydrogen-bond acceptors (Lipinski definition) is 3. The minimum atomic E-state index is 0.208. The maximum Gasteiger partial charge on any atom is 0.222 e. The number of carbonyl (C=O) groups excluding carboxylic acids is 1. The van der Waals surface area contributed by atoms with Crippen molar-refractivity contribution in [3.05, 3.63) is 0 Å². The highest BCUT2D eigenvalue weighted by Gasteiger charge is 2.23. The molecule has 1 fully saturated rings. The molecular weight excluding hydrogens is 250 g/mol. The zero-order chi connectivity index (χ0) is 15.1. The first kappa shape index (κ1) is 17.4. The van der Waals surface area contributed by atoms with Gasteiger partial charge in [0.1, 0.15) is 0 Å². The van der Waals surface area contributed by atoms with Gasteiger partial charge in [-0.3, -0.25) is 4.79 Å². The second-order valence-corrected chi connectivity index (χ2v) is 6.73. The molecule has 0 saturated carbocycles. The zero-order valence-corrected chi connectivity index (χ0v) is 13.8. The molecule has 1 heterocycles. The van der Waals surface area contributed by atoms with Crippen molar-refractivity contribution in [3.63, 3.8) is 0 Å². The lowest BCUT2D eigenvalue weighted by atomic mass is 9.95. The summed E-state index contributed by atoms with van der Waals surface area (Å²) >= 11 is 0. The molecule has 0 aromatic rings. The first-order valence-corrected chi connectivity index (χ1v) is 8.13. The van der Waals surface area contributed by atoms with Crippen molar-refractivity contribution in [1.82, 2.24) is 9.80 Å². The van der Waals surface area contributed by atoms with E-state index >= 15 is 0 Å². The van der Waals surface area contributed by atoms with Gasteiger partial charge in [0.15, 0.2) is 0 Å². The molecule has 0 aromatic carbocycles. The van der Waals surface area contributed by atoms with Crippen molar-refractivity contribution in [2.45, 2.75) is 65.0 Å². The summed E-state index contributed by atoms with van der Waals surface area (Å²) in [5.74, 6) is 1.07. The fourth-order valence-corrected chi connectivity index (χ4v) is 2.72. The molecule has 1 atom stereocenters. The van der Waals surface area contributed by atoms with Crippen LogP contribution in [0.25, 0.3) is 0 Å². The number of piperidine rings is 1. The van der Waals surface area contributed by atoms with Crippen LogP contribution < -0.4 is 5.73 Å². The maximum atomic E-state index is 12.1. The Morgan fingerprint density at radius 2 is 1.90 bits per heavy atom. The molecule has 0 bridgehead atoms. The first-order chi connectivity index (χ1) is 9.40. The van der Waals surface area contributed by atoms with E-state index in [0.29, 0.717) is 18.4 Å². The van der Waals surface area contributed by atoms with Crippen molar-refractivity contribution in [3.8, 4) is 0 Å². The van der Waals surface area contributed by atoms with Crippen molar-refractivity contribution in [1.29, 1.82) is 0 Å². The van der Waals surface area contributed by atoms with Crippen LogP contribution in [0.2, 0.25) is 0 Å². The summed E-state index contributed by atoms with van der Waals surface area (Å²) in [5, 5.41) is 0. The molecule has 1 amide bonds. The smallest absolute Gasteiger partial charge is 0.222 e. The normalized spacial score (nSPS) is 18.9.